The van der Waals surface area contributed by atoms with Crippen molar-refractivity contribution in [2.24, 2.45) is 0 Å². The third-order valence-corrected chi connectivity index (χ3v) is 10.9. The summed E-state index contributed by atoms with van der Waals surface area (Å²) in [5.74, 6) is -0.972. The third kappa shape index (κ3) is 49.5. The molecule has 0 aromatic carbocycles. The summed E-state index contributed by atoms with van der Waals surface area (Å²) in [6.45, 7) is 6.36. The Hall–Kier alpha value is -3.41. The standard InChI is InChI=1S/C57H96O6/c1-4-7-10-13-16-19-22-25-27-29-31-32-35-38-41-44-47-50-56(59)62-53-54(52-61-55(58)49-46-43-40-37-34-24-21-18-15-12-9-6-3)63-57(60)51-48-45-42-39-36-33-30-28-26-23-20-17-14-11-8-5-2/h7,9-10,12,16,18-19,21,25,27,31-32,38,41,54H,4-6,8,11,13-15,17,20,22-24,26,28-30,33-37,39-40,42-53H2,1-3H3/b10-7-,12-9-,19-16-,21-18-,27-25-,32-31-,41-38-. The Morgan fingerprint density at radius 1 is 0.333 bits per heavy atom. The lowest BCUT2D eigenvalue weighted by molar-refractivity contribution is -0.167. The first-order valence-electron chi connectivity index (χ1n) is 26.1. The SMILES string of the molecule is CC/C=C\C/C=C\C/C=C\C/C=C\C/C=C\CCCC(=O)OCC(COC(=O)CCCCCCC/C=C\C/C=C\CC)OC(=O)CCCCCCCCCCCCCCCCCC. The molecule has 0 aliphatic rings. The van der Waals surface area contributed by atoms with Gasteiger partial charge in [-0.1, -0.05) is 221 Å². The van der Waals surface area contributed by atoms with Gasteiger partial charge in [-0.25, -0.2) is 0 Å². The molecule has 0 aromatic rings. The van der Waals surface area contributed by atoms with E-state index in [1.54, 1.807) is 0 Å². The predicted molar refractivity (Wildman–Crippen MR) is 270 cm³/mol. The lowest BCUT2D eigenvalue weighted by Gasteiger charge is -2.18. The molecule has 0 heterocycles. The van der Waals surface area contributed by atoms with Crippen LogP contribution in [0.5, 0.6) is 0 Å². The van der Waals surface area contributed by atoms with Crippen LogP contribution in [0.4, 0.5) is 0 Å². The van der Waals surface area contributed by atoms with E-state index in [0.29, 0.717) is 19.3 Å². The van der Waals surface area contributed by atoms with E-state index < -0.39 is 6.10 Å². The molecule has 63 heavy (non-hydrogen) atoms. The number of unbranched alkanes of at least 4 members (excludes halogenated alkanes) is 21. The molecule has 0 rings (SSSR count). The maximum atomic E-state index is 12.8. The van der Waals surface area contributed by atoms with Crippen LogP contribution in [0.3, 0.4) is 0 Å². The fraction of sp³-hybridized carbons (Fsp3) is 0.702. The number of allylic oxidation sites excluding steroid dienone is 14. The van der Waals surface area contributed by atoms with Gasteiger partial charge in [-0.15, -0.1) is 0 Å². The summed E-state index contributed by atoms with van der Waals surface area (Å²) in [6.07, 6.45) is 65.7. The van der Waals surface area contributed by atoms with E-state index in [-0.39, 0.29) is 37.5 Å². The van der Waals surface area contributed by atoms with Gasteiger partial charge in [-0.3, -0.25) is 14.4 Å². The van der Waals surface area contributed by atoms with E-state index >= 15 is 0 Å². The van der Waals surface area contributed by atoms with E-state index in [2.05, 4.69) is 106 Å². The molecule has 0 spiro atoms. The highest BCUT2D eigenvalue weighted by Gasteiger charge is 2.19. The smallest absolute Gasteiger partial charge is 0.306 e. The van der Waals surface area contributed by atoms with E-state index in [0.717, 1.165) is 109 Å². The topological polar surface area (TPSA) is 78.9 Å². The molecule has 0 saturated carbocycles. The fourth-order valence-corrected chi connectivity index (χ4v) is 7.04. The maximum Gasteiger partial charge on any atom is 0.306 e. The quantitative estimate of drug-likeness (QED) is 0.0262. The monoisotopic (exact) mass is 877 g/mol. The number of carbonyl (C=O) groups excluding carboxylic acids is 3. The van der Waals surface area contributed by atoms with Crippen molar-refractivity contribution in [3.63, 3.8) is 0 Å². The zero-order chi connectivity index (χ0) is 45.8. The summed E-state index contributed by atoms with van der Waals surface area (Å²) in [6, 6.07) is 0. The van der Waals surface area contributed by atoms with Gasteiger partial charge >= 0.3 is 17.9 Å². The molecule has 0 N–H and O–H groups in total. The summed E-state index contributed by atoms with van der Waals surface area (Å²) < 4.78 is 16.7. The second-order valence-electron chi connectivity index (χ2n) is 17.0. The Morgan fingerprint density at radius 2 is 0.635 bits per heavy atom. The van der Waals surface area contributed by atoms with Crippen molar-refractivity contribution < 1.29 is 28.6 Å². The van der Waals surface area contributed by atoms with E-state index in [1.807, 2.05) is 0 Å². The van der Waals surface area contributed by atoms with Crippen molar-refractivity contribution in [3.05, 3.63) is 85.1 Å². The van der Waals surface area contributed by atoms with Crippen LogP contribution < -0.4 is 0 Å². The lowest BCUT2D eigenvalue weighted by atomic mass is 10.0. The van der Waals surface area contributed by atoms with Gasteiger partial charge in [0, 0.05) is 19.3 Å². The number of esters is 3. The van der Waals surface area contributed by atoms with Crippen molar-refractivity contribution in [1.82, 2.24) is 0 Å². The fourth-order valence-electron chi connectivity index (χ4n) is 7.04. The summed E-state index contributed by atoms with van der Waals surface area (Å²) in [7, 11) is 0. The Balaban J connectivity index is 4.47. The van der Waals surface area contributed by atoms with Gasteiger partial charge in [-0.05, 0) is 83.5 Å². The molecule has 0 amide bonds. The van der Waals surface area contributed by atoms with Crippen LogP contribution in [0.15, 0.2) is 85.1 Å². The van der Waals surface area contributed by atoms with Gasteiger partial charge in [0.05, 0.1) is 0 Å². The van der Waals surface area contributed by atoms with Crippen LogP contribution in [-0.2, 0) is 28.6 Å². The molecule has 0 radical (unpaired) electrons. The Morgan fingerprint density at radius 3 is 1.03 bits per heavy atom. The molecule has 1 atom stereocenters. The second kappa shape index (κ2) is 51.2. The zero-order valence-corrected chi connectivity index (χ0v) is 41.1. The van der Waals surface area contributed by atoms with Gasteiger partial charge in [0.2, 0.25) is 0 Å². The van der Waals surface area contributed by atoms with Crippen LogP contribution in [0.1, 0.15) is 239 Å². The van der Waals surface area contributed by atoms with E-state index in [4.69, 9.17) is 14.2 Å². The van der Waals surface area contributed by atoms with Crippen molar-refractivity contribution in [3.8, 4) is 0 Å². The molecule has 360 valence electrons. The Kier molecular flexibility index (Phi) is 48.5. The number of carbonyl (C=O) groups is 3. The largest absolute Gasteiger partial charge is 0.462 e. The van der Waals surface area contributed by atoms with Gasteiger partial charge in [-0.2, -0.15) is 0 Å². The lowest BCUT2D eigenvalue weighted by Crippen LogP contribution is -2.30. The van der Waals surface area contributed by atoms with Crippen LogP contribution >= 0.6 is 0 Å². The number of hydrogen-bond donors (Lipinski definition) is 0. The van der Waals surface area contributed by atoms with Crippen LogP contribution in [0.2, 0.25) is 0 Å². The van der Waals surface area contributed by atoms with Crippen molar-refractivity contribution in [2.45, 2.75) is 245 Å². The molecule has 0 bridgehead atoms. The zero-order valence-electron chi connectivity index (χ0n) is 41.1. The van der Waals surface area contributed by atoms with Gasteiger partial charge in [0.1, 0.15) is 13.2 Å². The first kappa shape index (κ1) is 59.6. The molecular weight excluding hydrogens is 781 g/mol. The highest BCUT2D eigenvalue weighted by atomic mass is 16.6. The Bertz CT molecular complexity index is 1240. The minimum Gasteiger partial charge on any atom is -0.462 e. The molecule has 6 nitrogen and oxygen atoms in total. The highest BCUT2D eigenvalue weighted by Crippen LogP contribution is 2.15. The average molecular weight is 877 g/mol. The molecule has 0 fully saturated rings. The first-order valence-corrected chi connectivity index (χ1v) is 26.1. The highest BCUT2D eigenvalue weighted by molar-refractivity contribution is 5.71. The first-order chi connectivity index (χ1) is 31.0. The minimum absolute atomic E-state index is 0.101. The number of ether oxygens (including phenoxy) is 3. The molecule has 0 aliphatic heterocycles. The predicted octanol–water partition coefficient (Wildman–Crippen LogP) is 17.2. The van der Waals surface area contributed by atoms with Crippen molar-refractivity contribution in [1.29, 1.82) is 0 Å². The normalized spacial score (nSPS) is 12.7. The van der Waals surface area contributed by atoms with Crippen LogP contribution in [-0.4, -0.2) is 37.2 Å². The molecule has 0 aliphatic carbocycles. The molecule has 1 unspecified atom stereocenters. The molecule has 6 heteroatoms. The van der Waals surface area contributed by atoms with Gasteiger partial charge < -0.3 is 14.2 Å². The summed E-state index contributed by atoms with van der Waals surface area (Å²) in [5.41, 5.74) is 0. The minimum atomic E-state index is -0.803. The maximum absolute atomic E-state index is 12.8. The molecule has 0 aromatic heterocycles. The third-order valence-electron chi connectivity index (χ3n) is 10.9. The molecular formula is C57H96O6. The van der Waals surface area contributed by atoms with Gasteiger partial charge in [0.15, 0.2) is 6.10 Å². The Labute approximate surface area is 388 Å². The van der Waals surface area contributed by atoms with E-state index in [1.165, 1.54) is 83.5 Å². The second-order valence-corrected chi connectivity index (χ2v) is 17.0. The molecule has 0 saturated heterocycles. The van der Waals surface area contributed by atoms with E-state index in [9.17, 15) is 14.4 Å². The summed E-state index contributed by atoms with van der Waals surface area (Å²) in [5, 5.41) is 0. The summed E-state index contributed by atoms with van der Waals surface area (Å²) >= 11 is 0. The van der Waals surface area contributed by atoms with Crippen LogP contribution in [0, 0.1) is 0 Å². The summed E-state index contributed by atoms with van der Waals surface area (Å²) in [4.78, 5) is 38.0. The van der Waals surface area contributed by atoms with Crippen molar-refractivity contribution in [2.75, 3.05) is 13.2 Å². The number of rotatable bonds is 46. The number of hydrogen-bond acceptors (Lipinski definition) is 6. The van der Waals surface area contributed by atoms with Crippen LogP contribution in [0.25, 0.3) is 0 Å². The van der Waals surface area contributed by atoms with Crippen molar-refractivity contribution >= 4 is 17.9 Å². The average Bonchev–Trinajstić information content (AvgIpc) is 3.28. The van der Waals surface area contributed by atoms with Gasteiger partial charge in [0.25, 0.3) is 0 Å².